The second kappa shape index (κ2) is 7.17. The molecule has 1 aliphatic heterocycles. The van der Waals surface area contributed by atoms with E-state index in [1.54, 1.807) is 29.4 Å². The second-order valence-electron chi connectivity index (χ2n) is 5.67. The van der Waals surface area contributed by atoms with E-state index in [-0.39, 0.29) is 11.9 Å². The highest BCUT2D eigenvalue weighted by Gasteiger charge is 2.19. The molecule has 1 fully saturated rings. The van der Waals surface area contributed by atoms with Crippen LogP contribution in [0.1, 0.15) is 18.4 Å². The third kappa shape index (κ3) is 4.82. The quantitative estimate of drug-likeness (QED) is 0.833. The SMILES string of the molecule is CN1CCC(CN(C)C(=O)/C=C/c2cnc(N)nc2)CC1. The highest BCUT2D eigenvalue weighted by atomic mass is 16.2. The van der Waals surface area contributed by atoms with Crippen LogP contribution in [0, 0.1) is 5.92 Å². The Balaban J connectivity index is 1.83. The molecule has 0 bridgehead atoms. The topological polar surface area (TPSA) is 75.3 Å². The number of carbonyl (C=O) groups is 1. The molecular weight excluding hydrogens is 266 g/mol. The van der Waals surface area contributed by atoms with E-state index >= 15 is 0 Å². The van der Waals surface area contributed by atoms with Gasteiger partial charge in [-0.2, -0.15) is 0 Å². The highest BCUT2D eigenvalue weighted by Crippen LogP contribution is 2.16. The number of carbonyl (C=O) groups excluding carboxylic acids is 1. The molecule has 0 aromatic carbocycles. The fourth-order valence-corrected chi connectivity index (χ4v) is 2.45. The Bertz CT molecular complexity index is 491. The highest BCUT2D eigenvalue weighted by molar-refractivity contribution is 5.91. The molecule has 0 radical (unpaired) electrons. The molecule has 0 unspecified atom stereocenters. The Morgan fingerprint density at radius 1 is 1.43 bits per heavy atom. The van der Waals surface area contributed by atoms with Crippen LogP contribution in [0.2, 0.25) is 0 Å². The minimum Gasteiger partial charge on any atom is -0.368 e. The molecule has 1 saturated heterocycles. The molecule has 0 saturated carbocycles. The number of amides is 1. The van der Waals surface area contributed by atoms with E-state index in [2.05, 4.69) is 21.9 Å². The summed E-state index contributed by atoms with van der Waals surface area (Å²) in [5.74, 6) is 0.840. The molecular formula is C15H23N5O. The minimum atomic E-state index is 0.00533. The third-order valence-corrected chi connectivity index (χ3v) is 3.86. The van der Waals surface area contributed by atoms with E-state index in [4.69, 9.17) is 5.73 Å². The molecule has 0 aliphatic carbocycles. The Morgan fingerprint density at radius 3 is 2.67 bits per heavy atom. The van der Waals surface area contributed by atoms with E-state index in [0.717, 1.165) is 38.0 Å². The molecule has 2 rings (SSSR count). The van der Waals surface area contributed by atoms with E-state index in [1.165, 1.54) is 0 Å². The molecule has 21 heavy (non-hydrogen) atoms. The van der Waals surface area contributed by atoms with Gasteiger partial charge >= 0.3 is 0 Å². The number of hydrogen-bond acceptors (Lipinski definition) is 5. The molecule has 6 heteroatoms. The summed E-state index contributed by atoms with van der Waals surface area (Å²) in [5.41, 5.74) is 6.19. The maximum atomic E-state index is 12.1. The first-order valence-electron chi connectivity index (χ1n) is 7.24. The summed E-state index contributed by atoms with van der Waals surface area (Å²) in [6.45, 7) is 3.05. The van der Waals surface area contributed by atoms with Gasteiger partial charge in [0.1, 0.15) is 0 Å². The molecule has 2 heterocycles. The molecule has 114 valence electrons. The first-order chi connectivity index (χ1) is 10.0. The van der Waals surface area contributed by atoms with Crippen LogP contribution in [0.5, 0.6) is 0 Å². The van der Waals surface area contributed by atoms with Gasteiger partial charge in [-0.15, -0.1) is 0 Å². The lowest BCUT2D eigenvalue weighted by Gasteiger charge is -2.31. The molecule has 2 N–H and O–H groups in total. The fourth-order valence-electron chi connectivity index (χ4n) is 2.45. The number of aromatic nitrogens is 2. The molecule has 1 amide bonds. The van der Waals surface area contributed by atoms with Gasteiger partial charge in [0.2, 0.25) is 11.9 Å². The van der Waals surface area contributed by atoms with E-state index < -0.39 is 0 Å². The van der Waals surface area contributed by atoms with Crippen molar-refractivity contribution in [1.82, 2.24) is 19.8 Å². The minimum absolute atomic E-state index is 0.00533. The van der Waals surface area contributed by atoms with Gasteiger partial charge in [0.25, 0.3) is 0 Å². The number of likely N-dealkylation sites (N-methyl/N-ethyl adjacent to an activating group) is 1. The first kappa shape index (κ1) is 15.4. The van der Waals surface area contributed by atoms with Gasteiger partial charge in [0.05, 0.1) is 0 Å². The lowest BCUT2D eigenvalue weighted by Crippen LogP contribution is -2.37. The Hall–Kier alpha value is -1.95. The number of nitrogen functional groups attached to an aromatic ring is 1. The number of likely N-dealkylation sites (tertiary alicyclic amines) is 1. The molecule has 1 aromatic rings. The van der Waals surface area contributed by atoms with E-state index in [0.29, 0.717) is 5.92 Å². The van der Waals surface area contributed by atoms with Gasteiger partial charge in [0, 0.05) is 37.6 Å². The van der Waals surface area contributed by atoms with Gasteiger partial charge in [-0.3, -0.25) is 4.79 Å². The normalized spacial score (nSPS) is 17.2. The zero-order valence-electron chi connectivity index (χ0n) is 12.7. The zero-order chi connectivity index (χ0) is 15.2. The largest absolute Gasteiger partial charge is 0.368 e. The third-order valence-electron chi connectivity index (χ3n) is 3.86. The summed E-state index contributed by atoms with van der Waals surface area (Å²) in [5, 5.41) is 0. The van der Waals surface area contributed by atoms with Crippen LogP contribution in [0.4, 0.5) is 5.95 Å². The van der Waals surface area contributed by atoms with E-state index in [9.17, 15) is 4.79 Å². The molecule has 0 spiro atoms. The average Bonchev–Trinajstić information content (AvgIpc) is 2.48. The van der Waals surface area contributed by atoms with Gasteiger partial charge < -0.3 is 15.5 Å². The fraction of sp³-hybridized carbons (Fsp3) is 0.533. The first-order valence-corrected chi connectivity index (χ1v) is 7.24. The molecule has 0 atom stereocenters. The van der Waals surface area contributed by atoms with Crippen molar-refractivity contribution in [1.29, 1.82) is 0 Å². The van der Waals surface area contributed by atoms with Gasteiger partial charge in [-0.05, 0) is 45.0 Å². The van der Waals surface area contributed by atoms with Crippen molar-refractivity contribution in [2.75, 3.05) is 39.5 Å². The number of nitrogens with two attached hydrogens (primary N) is 1. The van der Waals surface area contributed by atoms with Crippen molar-refractivity contribution in [3.05, 3.63) is 24.0 Å². The summed E-state index contributed by atoms with van der Waals surface area (Å²) >= 11 is 0. The maximum Gasteiger partial charge on any atom is 0.246 e. The number of anilines is 1. The average molecular weight is 289 g/mol. The summed E-state index contributed by atoms with van der Waals surface area (Å²) in [7, 11) is 3.99. The van der Waals surface area contributed by atoms with Crippen molar-refractivity contribution in [3.63, 3.8) is 0 Å². The molecule has 1 aromatic heterocycles. The lowest BCUT2D eigenvalue weighted by molar-refractivity contribution is -0.125. The Morgan fingerprint density at radius 2 is 2.05 bits per heavy atom. The van der Waals surface area contributed by atoms with Crippen LogP contribution in [-0.4, -0.2) is 59.4 Å². The van der Waals surface area contributed by atoms with Gasteiger partial charge in [-0.25, -0.2) is 9.97 Å². The van der Waals surface area contributed by atoms with Crippen LogP contribution >= 0.6 is 0 Å². The summed E-state index contributed by atoms with van der Waals surface area (Å²) in [6, 6.07) is 0. The number of rotatable bonds is 4. The summed E-state index contributed by atoms with van der Waals surface area (Å²) in [4.78, 5) is 24.0. The van der Waals surface area contributed by atoms with Crippen LogP contribution < -0.4 is 5.73 Å². The van der Waals surface area contributed by atoms with Crippen molar-refractivity contribution in [2.45, 2.75) is 12.8 Å². The van der Waals surface area contributed by atoms with E-state index in [1.807, 2.05) is 7.05 Å². The van der Waals surface area contributed by atoms with Crippen molar-refractivity contribution >= 4 is 17.9 Å². The zero-order valence-corrected chi connectivity index (χ0v) is 12.7. The Labute approximate surface area is 125 Å². The lowest BCUT2D eigenvalue weighted by atomic mass is 9.97. The van der Waals surface area contributed by atoms with Crippen LogP contribution in [-0.2, 0) is 4.79 Å². The van der Waals surface area contributed by atoms with Crippen LogP contribution in [0.25, 0.3) is 6.08 Å². The number of nitrogens with zero attached hydrogens (tertiary/aromatic N) is 4. The van der Waals surface area contributed by atoms with Gasteiger partial charge in [0.15, 0.2) is 0 Å². The summed E-state index contributed by atoms with van der Waals surface area (Å²) < 4.78 is 0. The maximum absolute atomic E-state index is 12.1. The van der Waals surface area contributed by atoms with Crippen LogP contribution in [0.3, 0.4) is 0 Å². The second-order valence-corrected chi connectivity index (χ2v) is 5.67. The smallest absolute Gasteiger partial charge is 0.246 e. The van der Waals surface area contributed by atoms with Crippen molar-refractivity contribution in [2.24, 2.45) is 5.92 Å². The predicted molar refractivity (Wildman–Crippen MR) is 83.3 cm³/mol. The molecule has 6 nitrogen and oxygen atoms in total. The Kier molecular flexibility index (Phi) is 5.27. The monoisotopic (exact) mass is 289 g/mol. The standard InChI is InChI=1S/C15H23N5O/c1-19-7-5-12(6-8-19)11-20(2)14(21)4-3-13-9-17-15(16)18-10-13/h3-4,9-10,12H,5-8,11H2,1-2H3,(H2,16,17,18)/b4-3+. The van der Waals surface area contributed by atoms with Gasteiger partial charge in [-0.1, -0.05) is 0 Å². The summed E-state index contributed by atoms with van der Waals surface area (Å²) in [6.07, 6.45) is 8.79. The van der Waals surface area contributed by atoms with Crippen molar-refractivity contribution in [3.8, 4) is 0 Å². The van der Waals surface area contributed by atoms with Crippen molar-refractivity contribution < 1.29 is 4.79 Å². The van der Waals surface area contributed by atoms with Crippen LogP contribution in [0.15, 0.2) is 18.5 Å². The molecule has 1 aliphatic rings. The number of piperidine rings is 1. The number of hydrogen-bond donors (Lipinski definition) is 1. The predicted octanol–water partition coefficient (Wildman–Crippen LogP) is 0.872.